The molecule has 0 fully saturated rings. The summed E-state index contributed by atoms with van der Waals surface area (Å²) in [5.41, 5.74) is 6.59. The van der Waals surface area contributed by atoms with Crippen molar-refractivity contribution < 1.29 is 9.53 Å². The lowest BCUT2D eigenvalue weighted by Gasteiger charge is -2.09. The van der Waals surface area contributed by atoms with Gasteiger partial charge in [0.25, 0.3) is 0 Å². The summed E-state index contributed by atoms with van der Waals surface area (Å²) in [5.74, 6) is -0.322. The number of nitrogens with zero attached hydrogens (tertiary/aromatic N) is 1. The first-order chi connectivity index (χ1) is 7.63. The van der Waals surface area contributed by atoms with Gasteiger partial charge >= 0.3 is 5.97 Å². The highest BCUT2D eigenvalue weighted by Gasteiger charge is 2.12. The minimum absolute atomic E-state index is 0.161. The predicted octanol–water partition coefficient (Wildman–Crippen LogP) is 2.43. The third-order valence-corrected chi connectivity index (χ3v) is 2.20. The zero-order valence-corrected chi connectivity index (χ0v) is 11.3. The fourth-order valence-electron chi connectivity index (χ4n) is 1.01. The van der Waals surface area contributed by atoms with Crippen molar-refractivity contribution in [3.63, 3.8) is 0 Å². The topological polar surface area (TPSA) is 65.2 Å². The molecule has 2 N–H and O–H groups in total. The number of esters is 1. The molecule has 0 bridgehead atoms. The molecule has 1 unspecified atom stereocenters. The van der Waals surface area contributed by atoms with Crippen LogP contribution in [0.3, 0.4) is 0 Å². The molecule has 0 saturated heterocycles. The van der Waals surface area contributed by atoms with Crippen molar-refractivity contribution in [3.05, 3.63) is 28.5 Å². The van der Waals surface area contributed by atoms with E-state index in [1.165, 1.54) is 7.11 Å². The number of pyridine rings is 1. The molecule has 4 nitrogen and oxygen atoms in total. The Morgan fingerprint density at radius 3 is 2.69 bits per heavy atom. The van der Waals surface area contributed by atoms with Crippen molar-refractivity contribution >= 4 is 21.9 Å². The number of rotatable bonds is 3. The lowest BCUT2D eigenvalue weighted by molar-refractivity contribution is -0.141. The summed E-state index contributed by atoms with van der Waals surface area (Å²) in [7, 11) is 1.34. The molecule has 1 rings (SSSR count). The van der Waals surface area contributed by atoms with Crippen LogP contribution >= 0.6 is 15.9 Å². The minimum Gasteiger partial charge on any atom is -0.469 e. The van der Waals surface area contributed by atoms with E-state index in [1.54, 1.807) is 12.4 Å². The Labute approximate surface area is 104 Å². The summed E-state index contributed by atoms with van der Waals surface area (Å²) in [6.07, 6.45) is 3.46. The zero-order valence-electron chi connectivity index (χ0n) is 9.74. The fourth-order valence-corrected chi connectivity index (χ4v) is 1.39. The van der Waals surface area contributed by atoms with Gasteiger partial charge in [-0.15, -0.1) is 0 Å². The second-order valence-electron chi connectivity index (χ2n) is 2.82. The van der Waals surface area contributed by atoms with Crippen LogP contribution in [0.2, 0.25) is 0 Å². The van der Waals surface area contributed by atoms with Gasteiger partial charge in [-0.2, -0.15) is 0 Å². The number of nitrogens with two attached hydrogens (primary N) is 1. The van der Waals surface area contributed by atoms with Crippen LogP contribution < -0.4 is 5.73 Å². The van der Waals surface area contributed by atoms with Crippen LogP contribution in [0.5, 0.6) is 0 Å². The van der Waals surface area contributed by atoms with Crippen LogP contribution in [0.1, 0.15) is 31.9 Å². The van der Waals surface area contributed by atoms with E-state index in [1.807, 2.05) is 19.9 Å². The largest absolute Gasteiger partial charge is 0.469 e. The zero-order chi connectivity index (χ0) is 12.6. The third kappa shape index (κ3) is 5.23. The number of hydrogen-bond acceptors (Lipinski definition) is 4. The third-order valence-electron chi connectivity index (χ3n) is 1.77. The lowest BCUT2D eigenvalue weighted by atomic mass is 10.1. The van der Waals surface area contributed by atoms with Gasteiger partial charge in [0, 0.05) is 22.9 Å². The minimum atomic E-state index is -0.368. The predicted molar refractivity (Wildman–Crippen MR) is 66.8 cm³/mol. The molecule has 0 amide bonds. The molecule has 0 aliphatic rings. The normalized spacial score (nSPS) is 11.1. The van der Waals surface area contributed by atoms with E-state index in [0.29, 0.717) is 0 Å². The van der Waals surface area contributed by atoms with Crippen molar-refractivity contribution in [3.8, 4) is 0 Å². The van der Waals surface area contributed by atoms with E-state index in [0.717, 1.165) is 10.0 Å². The molecule has 16 heavy (non-hydrogen) atoms. The number of carbonyl (C=O) groups excluding carboxylic acids is 1. The lowest BCUT2D eigenvalue weighted by Crippen LogP contribution is -2.16. The van der Waals surface area contributed by atoms with Crippen LogP contribution in [0, 0.1) is 0 Å². The first kappa shape index (κ1) is 15.1. The van der Waals surface area contributed by atoms with Gasteiger partial charge < -0.3 is 10.5 Å². The van der Waals surface area contributed by atoms with Gasteiger partial charge in [0.1, 0.15) is 0 Å². The van der Waals surface area contributed by atoms with E-state index < -0.39 is 0 Å². The Kier molecular flexibility index (Phi) is 7.76. The van der Waals surface area contributed by atoms with Crippen molar-refractivity contribution in [1.82, 2.24) is 4.98 Å². The second-order valence-corrected chi connectivity index (χ2v) is 3.74. The summed E-state index contributed by atoms with van der Waals surface area (Å²) in [4.78, 5) is 14.9. The maximum Gasteiger partial charge on any atom is 0.307 e. The van der Waals surface area contributed by atoms with Crippen molar-refractivity contribution in [1.29, 1.82) is 0 Å². The van der Waals surface area contributed by atoms with Crippen molar-refractivity contribution in [2.24, 2.45) is 5.73 Å². The molecule has 0 spiro atoms. The van der Waals surface area contributed by atoms with Crippen molar-refractivity contribution in [2.75, 3.05) is 7.11 Å². The van der Waals surface area contributed by atoms with Crippen LogP contribution in [-0.2, 0) is 9.53 Å². The average Bonchev–Trinajstić information content (AvgIpc) is 2.31. The number of carbonyl (C=O) groups is 1. The summed E-state index contributed by atoms with van der Waals surface area (Å²) in [6, 6.07) is 1.47. The van der Waals surface area contributed by atoms with Gasteiger partial charge in [0.05, 0.1) is 13.5 Å². The number of methoxy groups -OCH3 is 1. The Balaban J connectivity index is 0.00000106. The Morgan fingerprint density at radius 2 is 2.19 bits per heavy atom. The molecule has 0 saturated carbocycles. The van der Waals surface area contributed by atoms with Crippen molar-refractivity contribution in [2.45, 2.75) is 26.3 Å². The van der Waals surface area contributed by atoms with Gasteiger partial charge in [0.15, 0.2) is 0 Å². The van der Waals surface area contributed by atoms with Gasteiger partial charge in [-0.05, 0) is 27.6 Å². The molecule has 1 aromatic heterocycles. The number of aromatic nitrogens is 1. The monoisotopic (exact) mass is 288 g/mol. The van der Waals surface area contributed by atoms with Crippen LogP contribution in [0.4, 0.5) is 0 Å². The van der Waals surface area contributed by atoms with E-state index in [2.05, 4.69) is 25.7 Å². The maximum absolute atomic E-state index is 10.9. The quantitative estimate of drug-likeness (QED) is 0.868. The smallest absolute Gasteiger partial charge is 0.307 e. The number of halogens is 1. The molecular formula is C11H17BrN2O2. The highest BCUT2D eigenvalue weighted by molar-refractivity contribution is 9.10. The summed E-state index contributed by atoms with van der Waals surface area (Å²) in [5, 5.41) is 0. The Morgan fingerprint density at radius 1 is 1.56 bits per heavy atom. The van der Waals surface area contributed by atoms with E-state index in [-0.39, 0.29) is 18.4 Å². The molecule has 1 aromatic rings. The summed E-state index contributed by atoms with van der Waals surface area (Å²) >= 11 is 3.28. The molecule has 0 radical (unpaired) electrons. The molecule has 1 atom stereocenters. The molecule has 0 aliphatic carbocycles. The van der Waals surface area contributed by atoms with Gasteiger partial charge in [-0.1, -0.05) is 13.8 Å². The molecule has 0 aliphatic heterocycles. The summed E-state index contributed by atoms with van der Waals surface area (Å²) in [6.45, 7) is 4.00. The standard InChI is InChI=1S/C9H11BrN2O2.C2H6/c1-14-9(13)3-8(11)6-2-7(10)5-12-4-6;1-2/h2,4-5,8H,3,11H2,1H3;1-2H3. The molecule has 5 heteroatoms. The fraction of sp³-hybridized carbons (Fsp3) is 0.455. The SMILES string of the molecule is CC.COC(=O)CC(N)c1cncc(Br)c1. The second kappa shape index (κ2) is 8.24. The average molecular weight is 289 g/mol. The number of hydrogen-bond donors (Lipinski definition) is 1. The highest BCUT2D eigenvalue weighted by Crippen LogP contribution is 2.17. The highest BCUT2D eigenvalue weighted by atomic mass is 79.9. The number of ether oxygens (including phenoxy) is 1. The first-order valence-electron chi connectivity index (χ1n) is 5.06. The van der Waals surface area contributed by atoms with Crippen LogP contribution in [-0.4, -0.2) is 18.1 Å². The van der Waals surface area contributed by atoms with E-state index >= 15 is 0 Å². The molecule has 1 heterocycles. The van der Waals surface area contributed by atoms with Gasteiger partial charge in [-0.25, -0.2) is 0 Å². The van der Waals surface area contributed by atoms with E-state index in [9.17, 15) is 4.79 Å². The molecular weight excluding hydrogens is 272 g/mol. The Hall–Kier alpha value is -0.940. The van der Waals surface area contributed by atoms with Gasteiger partial charge in [0.2, 0.25) is 0 Å². The molecule has 0 aromatic carbocycles. The van der Waals surface area contributed by atoms with Crippen LogP contribution in [0.15, 0.2) is 22.9 Å². The first-order valence-corrected chi connectivity index (χ1v) is 5.85. The summed E-state index contributed by atoms with van der Waals surface area (Å²) < 4.78 is 5.36. The van der Waals surface area contributed by atoms with Crippen LogP contribution in [0.25, 0.3) is 0 Å². The Bertz CT molecular complexity index is 332. The van der Waals surface area contributed by atoms with E-state index in [4.69, 9.17) is 5.73 Å². The van der Waals surface area contributed by atoms with Gasteiger partial charge in [-0.3, -0.25) is 9.78 Å². The maximum atomic E-state index is 10.9. The molecule has 90 valence electrons.